The van der Waals surface area contributed by atoms with Gasteiger partial charge in [-0.2, -0.15) is 0 Å². The maximum absolute atomic E-state index is 5.25. The standard InChI is InChI=1S/C12H19NO/c1-9(2)12(10(3)14-13)11-7-5-4-6-8-11/h4-10,12H,13H2,1-3H3. The Kier molecular flexibility index (Phi) is 4.11. The molecule has 1 aromatic rings. The van der Waals surface area contributed by atoms with E-state index in [0.717, 1.165) is 0 Å². The van der Waals surface area contributed by atoms with Crippen LogP contribution in [0.25, 0.3) is 0 Å². The lowest BCUT2D eigenvalue weighted by molar-refractivity contribution is 0.0353. The van der Waals surface area contributed by atoms with Gasteiger partial charge < -0.3 is 4.84 Å². The lowest BCUT2D eigenvalue weighted by Crippen LogP contribution is -2.26. The normalized spacial score (nSPS) is 15.5. The zero-order valence-electron chi connectivity index (χ0n) is 9.10. The zero-order chi connectivity index (χ0) is 10.6. The second-order valence-corrected chi connectivity index (χ2v) is 4.02. The molecule has 0 amide bonds. The van der Waals surface area contributed by atoms with Crippen LogP contribution in [0.3, 0.4) is 0 Å². The first-order valence-electron chi connectivity index (χ1n) is 5.07. The van der Waals surface area contributed by atoms with Crippen LogP contribution < -0.4 is 5.90 Å². The smallest absolute Gasteiger partial charge is 0.0830 e. The fourth-order valence-corrected chi connectivity index (χ4v) is 1.96. The third-order valence-electron chi connectivity index (χ3n) is 2.62. The molecular formula is C12H19NO. The van der Waals surface area contributed by atoms with Crippen LogP contribution in [0.5, 0.6) is 0 Å². The predicted molar refractivity (Wildman–Crippen MR) is 58.8 cm³/mol. The Bertz CT molecular complexity index is 258. The van der Waals surface area contributed by atoms with Gasteiger partial charge in [0.25, 0.3) is 0 Å². The van der Waals surface area contributed by atoms with Crippen LogP contribution in [0.4, 0.5) is 0 Å². The molecule has 0 radical (unpaired) electrons. The molecule has 2 unspecified atom stereocenters. The summed E-state index contributed by atoms with van der Waals surface area (Å²) in [7, 11) is 0. The summed E-state index contributed by atoms with van der Waals surface area (Å²) in [4.78, 5) is 4.93. The van der Waals surface area contributed by atoms with Crippen molar-refractivity contribution in [3.63, 3.8) is 0 Å². The summed E-state index contributed by atoms with van der Waals surface area (Å²) in [5.41, 5.74) is 1.29. The van der Waals surface area contributed by atoms with Crippen LogP contribution in [-0.2, 0) is 4.84 Å². The number of hydrogen-bond acceptors (Lipinski definition) is 2. The Morgan fingerprint density at radius 3 is 2.07 bits per heavy atom. The summed E-state index contributed by atoms with van der Waals surface area (Å²) in [5, 5.41) is 0. The molecule has 0 saturated carbocycles. The first-order valence-corrected chi connectivity index (χ1v) is 5.07. The van der Waals surface area contributed by atoms with Gasteiger partial charge in [-0.1, -0.05) is 44.2 Å². The van der Waals surface area contributed by atoms with Crippen molar-refractivity contribution in [3.8, 4) is 0 Å². The lowest BCUT2D eigenvalue weighted by atomic mass is 9.84. The van der Waals surface area contributed by atoms with E-state index in [1.807, 2.05) is 25.1 Å². The van der Waals surface area contributed by atoms with Gasteiger partial charge in [-0.05, 0) is 18.4 Å². The quantitative estimate of drug-likeness (QED) is 0.746. The summed E-state index contributed by atoms with van der Waals surface area (Å²) in [6.45, 7) is 6.39. The summed E-state index contributed by atoms with van der Waals surface area (Å²) >= 11 is 0. The number of nitrogens with two attached hydrogens (primary N) is 1. The molecule has 0 heterocycles. The molecule has 0 aliphatic heterocycles. The van der Waals surface area contributed by atoms with Gasteiger partial charge in [-0.25, -0.2) is 5.90 Å². The van der Waals surface area contributed by atoms with Gasteiger partial charge in [-0.15, -0.1) is 0 Å². The molecule has 2 N–H and O–H groups in total. The first-order chi connectivity index (χ1) is 6.66. The molecule has 0 aliphatic rings. The van der Waals surface area contributed by atoms with Crippen molar-refractivity contribution in [1.29, 1.82) is 0 Å². The molecule has 0 aromatic heterocycles. The highest BCUT2D eigenvalue weighted by atomic mass is 16.6. The van der Waals surface area contributed by atoms with Crippen LogP contribution in [0, 0.1) is 5.92 Å². The largest absolute Gasteiger partial charge is 0.301 e. The molecule has 0 bridgehead atoms. The van der Waals surface area contributed by atoms with Gasteiger partial charge >= 0.3 is 0 Å². The van der Waals surface area contributed by atoms with E-state index in [-0.39, 0.29) is 6.10 Å². The maximum Gasteiger partial charge on any atom is 0.0830 e. The van der Waals surface area contributed by atoms with Gasteiger partial charge in [0.05, 0.1) is 6.10 Å². The Morgan fingerprint density at radius 2 is 1.64 bits per heavy atom. The average Bonchev–Trinajstić information content (AvgIpc) is 2.19. The van der Waals surface area contributed by atoms with Gasteiger partial charge in [0.2, 0.25) is 0 Å². The van der Waals surface area contributed by atoms with E-state index in [2.05, 4.69) is 26.0 Å². The van der Waals surface area contributed by atoms with Crippen molar-refractivity contribution in [2.45, 2.75) is 32.8 Å². The van der Waals surface area contributed by atoms with Crippen molar-refractivity contribution in [3.05, 3.63) is 35.9 Å². The van der Waals surface area contributed by atoms with Crippen molar-refractivity contribution >= 4 is 0 Å². The third-order valence-corrected chi connectivity index (χ3v) is 2.62. The van der Waals surface area contributed by atoms with Gasteiger partial charge in [-0.3, -0.25) is 0 Å². The van der Waals surface area contributed by atoms with E-state index in [1.54, 1.807) is 0 Å². The predicted octanol–water partition coefficient (Wildman–Crippen LogP) is 2.71. The number of rotatable bonds is 4. The minimum atomic E-state index is 0.0531. The van der Waals surface area contributed by atoms with E-state index in [0.29, 0.717) is 11.8 Å². The van der Waals surface area contributed by atoms with Crippen LogP contribution >= 0.6 is 0 Å². The minimum Gasteiger partial charge on any atom is -0.301 e. The fraction of sp³-hybridized carbons (Fsp3) is 0.500. The minimum absolute atomic E-state index is 0.0531. The molecule has 0 fully saturated rings. The monoisotopic (exact) mass is 193 g/mol. The highest BCUT2D eigenvalue weighted by Crippen LogP contribution is 2.28. The molecule has 78 valence electrons. The average molecular weight is 193 g/mol. The van der Waals surface area contributed by atoms with Gasteiger partial charge in [0.15, 0.2) is 0 Å². The fourth-order valence-electron chi connectivity index (χ4n) is 1.96. The molecule has 0 aliphatic carbocycles. The molecular weight excluding hydrogens is 174 g/mol. The summed E-state index contributed by atoms with van der Waals surface area (Å²) in [6.07, 6.45) is 0.0531. The van der Waals surface area contributed by atoms with E-state index in [1.165, 1.54) is 5.56 Å². The second kappa shape index (κ2) is 5.13. The molecule has 0 spiro atoms. The molecule has 1 rings (SSSR count). The molecule has 0 saturated heterocycles. The summed E-state index contributed by atoms with van der Waals surface area (Å²) in [6, 6.07) is 10.4. The van der Waals surface area contributed by atoms with E-state index < -0.39 is 0 Å². The Hall–Kier alpha value is -0.860. The molecule has 2 nitrogen and oxygen atoms in total. The molecule has 14 heavy (non-hydrogen) atoms. The van der Waals surface area contributed by atoms with Crippen LogP contribution in [0.2, 0.25) is 0 Å². The molecule has 1 aromatic carbocycles. The van der Waals surface area contributed by atoms with Crippen molar-refractivity contribution in [2.24, 2.45) is 11.8 Å². The Morgan fingerprint density at radius 1 is 1.07 bits per heavy atom. The maximum atomic E-state index is 5.25. The summed E-state index contributed by atoms with van der Waals surface area (Å²) < 4.78 is 0. The van der Waals surface area contributed by atoms with Crippen molar-refractivity contribution < 1.29 is 4.84 Å². The third kappa shape index (κ3) is 2.56. The number of benzene rings is 1. The lowest BCUT2D eigenvalue weighted by Gasteiger charge is -2.26. The topological polar surface area (TPSA) is 35.2 Å². The van der Waals surface area contributed by atoms with Crippen molar-refractivity contribution in [1.82, 2.24) is 0 Å². The van der Waals surface area contributed by atoms with Crippen LogP contribution in [0.15, 0.2) is 30.3 Å². The van der Waals surface area contributed by atoms with Gasteiger partial charge in [0.1, 0.15) is 0 Å². The highest BCUT2D eigenvalue weighted by Gasteiger charge is 2.22. The zero-order valence-corrected chi connectivity index (χ0v) is 9.10. The van der Waals surface area contributed by atoms with Gasteiger partial charge in [0, 0.05) is 5.92 Å². The molecule has 2 heteroatoms. The van der Waals surface area contributed by atoms with Crippen molar-refractivity contribution in [2.75, 3.05) is 0 Å². The Balaban J connectivity index is 2.89. The SMILES string of the molecule is CC(C)C(c1ccccc1)C(C)ON. The Labute approximate surface area is 86.0 Å². The van der Waals surface area contributed by atoms with E-state index in [4.69, 9.17) is 10.7 Å². The first kappa shape index (κ1) is 11.2. The van der Waals surface area contributed by atoms with Crippen LogP contribution in [0.1, 0.15) is 32.3 Å². The second-order valence-electron chi connectivity index (χ2n) is 4.02. The summed E-state index contributed by atoms with van der Waals surface area (Å²) in [5.74, 6) is 6.13. The molecule has 2 atom stereocenters. The highest BCUT2D eigenvalue weighted by molar-refractivity contribution is 5.21. The number of hydrogen-bond donors (Lipinski definition) is 1. The van der Waals surface area contributed by atoms with E-state index in [9.17, 15) is 0 Å². The van der Waals surface area contributed by atoms with E-state index >= 15 is 0 Å². The van der Waals surface area contributed by atoms with Crippen LogP contribution in [-0.4, -0.2) is 6.10 Å².